The van der Waals surface area contributed by atoms with E-state index in [9.17, 15) is 18.5 Å². The van der Waals surface area contributed by atoms with Gasteiger partial charge in [0.2, 0.25) is 10.0 Å². The zero-order valence-corrected chi connectivity index (χ0v) is 19.4. The van der Waals surface area contributed by atoms with Crippen molar-refractivity contribution in [1.82, 2.24) is 9.62 Å². The lowest BCUT2D eigenvalue weighted by molar-refractivity contribution is -0.384. The number of benzene rings is 2. The Morgan fingerprint density at radius 2 is 1.91 bits per heavy atom. The van der Waals surface area contributed by atoms with Crippen LogP contribution in [0.4, 0.5) is 11.4 Å². The molecule has 9 nitrogen and oxygen atoms in total. The lowest BCUT2D eigenvalue weighted by atomic mass is 10.1. The Morgan fingerprint density at radius 3 is 2.56 bits per heavy atom. The minimum absolute atomic E-state index is 0.141. The summed E-state index contributed by atoms with van der Waals surface area (Å²) in [4.78, 5) is 13.2. The average Bonchev–Trinajstić information content (AvgIpc) is 2.71. The van der Waals surface area contributed by atoms with Crippen LogP contribution < -0.4 is 10.0 Å². The Bertz CT molecular complexity index is 1040. The largest absolute Gasteiger partial charge is 0.377 e. The van der Waals surface area contributed by atoms with Crippen molar-refractivity contribution in [1.29, 1.82) is 0 Å². The van der Waals surface area contributed by atoms with Crippen molar-refractivity contribution >= 4 is 21.4 Å². The van der Waals surface area contributed by atoms with Gasteiger partial charge in [-0.25, -0.2) is 13.1 Å². The van der Waals surface area contributed by atoms with E-state index in [0.717, 1.165) is 19.2 Å². The SMILES string of the molecule is CC(C)(C)NS(=O)(=O)c1ccc(NC[C@@H]2CN(Cc3ccccc3)CCO2)c([N+](=O)[O-])c1. The van der Waals surface area contributed by atoms with E-state index in [2.05, 4.69) is 27.1 Å². The van der Waals surface area contributed by atoms with Gasteiger partial charge in [-0.15, -0.1) is 0 Å². The van der Waals surface area contributed by atoms with Crippen LogP contribution in [0.25, 0.3) is 0 Å². The molecule has 2 aromatic carbocycles. The normalized spacial score (nSPS) is 17.8. The summed E-state index contributed by atoms with van der Waals surface area (Å²) in [6.07, 6.45) is -0.141. The van der Waals surface area contributed by atoms with Crippen molar-refractivity contribution in [2.45, 2.75) is 43.9 Å². The molecule has 1 heterocycles. The lowest BCUT2D eigenvalue weighted by Gasteiger charge is -2.33. The number of rotatable bonds is 8. The zero-order chi connectivity index (χ0) is 23.4. The van der Waals surface area contributed by atoms with Crippen molar-refractivity contribution < 1.29 is 18.1 Å². The Kier molecular flexibility index (Phi) is 7.50. The van der Waals surface area contributed by atoms with Crippen LogP contribution in [0.15, 0.2) is 53.4 Å². The minimum atomic E-state index is -3.88. The van der Waals surface area contributed by atoms with E-state index in [1.165, 1.54) is 17.7 Å². The van der Waals surface area contributed by atoms with Crippen LogP contribution in [0.1, 0.15) is 26.3 Å². The van der Waals surface area contributed by atoms with Crippen LogP contribution in [-0.4, -0.2) is 56.1 Å². The molecule has 2 N–H and O–H groups in total. The van der Waals surface area contributed by atoms with E-state index in [4.69, 9.17) is 4.74 Å². The molecule has 0 spiro atoms. The van der Waals surface area contributed by atoms with Gasteiger partial charge in [0.15, 0.2) is 0 Å². The molecule has 0 bridgehead atoms. The Balaban J connectivity index is 1.67. The maximum absolute atomic E-state index is 12.5. The fourth-order valence-electron chi connectivity index (χ4n) is 3.55. The maximum atomic E-state index is 12.5. The number of nitro groups is 1. The molecular weight excluding hydrogens is 432 g/mol. The Hall–Kier alpha value is -2.53. The molecular formula is C22H30N4O5S. The summed E-state index contributed by atoms with van der Waals surface area (Å²) in [6, 6.07) is 14.0. The summed E-state index contributed by atoms with van der Waals surface area (Å²) in [7, 11) is -3.88. The number of hydrogen-bond acceptors (Lipinski definition) is 7. The van der Waals surface area contributed by atoms with Crippen molar-refractivity contribution in [2.24, 2.45) is 0 Å². The topological polar surface area (TPSA) is 114 Å². The first-order chi connectivity index (χ1) is 15.0. The molecule has 0 unspecified atom stereocenters. The highest BCUT2D eigenvalue weighted by molar-refractivity contribution is 7.89. The van der Waals surface area contributed by atoms with Gasteiger partial charge < -0.3 is 10.1 Å². The molecule has 1 aliphatic rings. The van der Waals surface area contributed by atoms with Crippen molar-refractivity contribution in [2.75, 3.05) is 31.6 Å². The summed E-state index contributed by atoms with van der Waals surface area (Å²) >= 11 is 0. The van der Waals surface area contributed by atoms with Gasteiger partial charge in [-0.3, -0.25) is 15.0 Å². The number of sulfonamides is 1. The van der Waals surface area contributed by atoms with E-state index >= 15 is 0 Å². The minimum Gasteiger partial charge on any atom is -0.377 e. The van der Waals surface area contributed by atoms with Gasteiger partial charge >= 0.3 is 0 Å². The Labute approximate surface area is 189 Å². The number of nitro benzene ring substituents is 1. The van der Waals surface area contributed by atoms with Gasteiger partial charge in [-0.1, -0.05) is 30.3 Å². The molecule has 32 heavy (non-hydrogen) atoms. The quantitative estimate of drug-likeness (QED) is 0.458. The first-order valence-electron chi connectivity index (χ1n) is 10.5. The number of anilines is 1. The third-order valence-electron chi connectivity index (χ3n) is 4.91. The average molecular weight is 463 g/mol. The molecule has 0 saturated carbocycles. The van der Waals surface area contributed by atoms with Crippen molar-refractivity contribution in [3.05, 3.63) is 64.2 Å². The number of nitrogens with zero attached hydrogens (tertiary/aromatic N) is 2. The summed E-state index contributed by atoms with van der Waals surface area (Å²) in [6.45, 7) is 8.40. The number of hydrogen-bond donors (Lipinski definition) is 2. The monoisotopic (exact) mass is 462 g/mol. The van der Waals surface area contributed by atoms with Crippen LogP contribution >= 0.6 is 0 Å². The molecule has 2 aromatic rings. The van der Waals surface area contributed by atoms with Gasteiger partial charge in [0.1, 0.15) is 5.69 Å². The molecule has 0 radical (unpaired) electrons. The summed E-state index contributed by atoms with van der Waals surface area (Å²) in [5, 5.41) is 14.7. The third kappa shape index (κ3) is 6.73. The molecule has 0 amide bonds. The van der Waals surface area contributed by atoms with Gasteiger partial charge in [0.05, 0.1) is 22.5 Å². The first-order valence-corrected chi connectivity index (χ1v) is 12.0. The maximum Gasteiger partial charge on any atom is 0.293 e. The first kappa shape index (κ1) is 24.1. The van der Waals surface area contributed by atoms with Crippen LogP contribution in [0.3, 0.4) is 0 Å². The standard InChI is InChI=1S/C22H30N4O5S/c1-22(2,3)24-32(29,30)19-9-10-20(21(13-19)26(27)28)23-14-18-16-25(11-12-31-18)15-17-7-5-4-6-8-17/h4-10,13,18,23-24H,11-12,14-16H2,1-3H3/t18-/m1/s1. The highest BCUT2D eigenvalue weighted by atomic mass is 32.2. The molecule has 1 saturated heterocycles. The fourth-order valence-corrected chi connectivity index (χ4v) is 4.99. The van der Waals surface area contributed by atoms with Gasteiger partial charge in [0, 0.05) is 37.8 Å². The second kappa shape index (κ2) is 9.95. The van der Waals surface area contributed by atoms with Crippen molar-refractivity contribution in [3.8, 4) is 0 Å². The second-order valence-electron chi connectivity index (χ2n) is 8.89. The van der Waals surface area contributed by atoms with Gasteiger partial charge in [-0.05, 0) is 38.5 Å². The van der Waals surface area contributed by atoms with Crippen LogP contribution in [0.5, 0.6) is 0 Å². The smallest absolute Gasteiger partial charge is 0.293 e. The van der Waals surface area contributed by atoms with Crippen molar-refractivity contribution in [3.63, 3.8) is 0 Å². The molecule has 0 aromatic heterocycles. The summed E-state index contributed by atoms with van der Waals surface area (Å²) in [5.41, 5.74) is 0.485. The van der Waals surface area contributed by atoms with E-state index in [-0.39, 0.29) is 22.4 Å². The molecule has 174 valence electrons. The predicted molar refractivity (Wildman–Crippen MR) is 123 cm³/mol. The fraction of sp³-hybridized carbons (Fsp3) is 0.455. The molecule has 10 heteroatoms. The highest BCUT2D eigenvalue weighted by Gasteiger charge is 2.26. The van der Waals surface area contributed by atoms with Crippen LogP contribution in [-0.2, 0) is 21.3 Å². The molecule has 0 aliphatic carbocycles. The second-order valence-corrected chi connectivity index (χ2v) is 10.6. The van der Waals surface area contributed by atoms with Crippen LogP contribution in [0.2, 0.25) is 0 Å². The predicted octanol–water partition coefficient (Wildman–Crippen LogP) is 2.98. The summed E-state index contributed by atoms with van der Waals surface area (Å²) in [5.74, 6) is 0. The zero-order valence-electron chi connectivity index (χ0n) is 18.6. The number of nitrogens with one attached hydrogen (secondary N) is 2. The Morgan fingerprint density at radius 1 is 1.19 bits per heavy atom. The van der Waals surface area contributed by atoms with E-state index < -0.39 is 20.5 Å². The highest BCUT2D eigenvalue weighted by Crippen LogP contribution is 2.28. The van der Waals surface area contributed by atoms with E-state index in [0.29, 0.717) is 19.7 Å². The summed E-state index contributed by atoms with van der Waals surface area (Å²) < 4.78 is 33.4. The van der Waals surface area contributed by atoms with E-state index in [1.54, 1.807) is 20.8 Å². The molecule has 1 atom stereocenters. The lowest BCUT2D eigenvalue weighted by Crippen LogP contribution is -2.44. The van der Waals surface area contributed by atoms with Gasteiger partial charge in [-0.2, -0.15) is 0 Å². The van der Waals surface area contributed by atoms with Gasteiger partial charge in [0.25, 0.3) is 5.69 Å². The third-order valence-corrected chi connectivity index (χ3v) is 6.66. The number of ether oxygens (including phenoxy) is 1. The molecule has 3 rings (SSSR count). The van der Waals surface area contributed by atoms with E-state index in [1.807, 2.05) is 18.2 Å². The molecule has 1 aliphatic heterocycles. The van der Waals surface area contributed by atoms with Crippen LogP contribution in [0, 0.1) is 10.1 Å². The number of morpholine rings is 1. The molecule has 1 fully saturated rings.